The van der Waals surface area contributed by atoms with Gasteiger partial charge in [0.1, 0.15) is 22.4 Å². The summed E-state index contributed by atoms with van der Waals surface area (Å²) in [5.74, 6) is -3.29. The quantitative estimate of drug-likeness (QED) is 0.198. The van der Waals surface area contributed by atoms with Crippen LogP contribution in [0, 0.1) is 11.6 Å². The smallest absolute Gasteiger partial charge is 0.343 e. The second-order valence-electron chi connectivity index (χ2n) is 4.71. The normalized spacial score (nSPS) is 11.2. The Balaban J connectivity index is 2.39. The number of anilines is 1. The van der Waals surface area contributed by atoms with Gasteiger partial charge in [0.2, 0.25) is 5.78 Å². The van der Waals surface area contributed by atoms with Crippen molar-refractivity contribution in [2.75, 3.05) is 11.9 Å². The fourth-order valence-corrected chi connectivity index (χ4v) is 2.19. The zero-order valence-electron chi connectivity index (χ0n) is 13.2. The molecule has 0 aromatic carbocycles. The molecule has 0 aliphatic heterocycles. The summed E-state index contributed by atoms with van der Waals surface area (Å²) < 4.78 is 31.3. The number of ether oxygens (including phenoxy) is 1. The van der Waals surface area contributed by atoms with E-state index in [4.69, 9.17) is 27.9 Å². The summed E-state index contributed by atoms with van der Waals surface area (Å²) in [6, 6.07) is 3.18. The van der Waals surface area contributed by atoms with Gasteiger partial charge in [0.15, 0.2) is 11.0 Å². The van der Waals surface area contributed by atoms with E-state index in [1.807, 2.05) is 0 Å². The molecule has 0 atom stereocenters. The van der Waals surface area contributed by atoms with E-state index in [9.17, 15) is 18.4 Å². The van der Waals surface area contributed by atoms with Crippen molar-refractivity contribution < 1.29 is 23.1 Å². The number of halogens is 4. The Hall–Kier alpha value is -2.58. The lowest BCUT2D eigenvalue weighted by atomic mass is 10.1. The molecule has 0 saturated carbocycles. The van der Waals surface area contributed by atoms with Gasteiger partial charge in [-0.05, 0) is 25.1 Å². The van der Waals surface area contributed by atoms with E-state index in [-0.39, 0.29) is 23.1 Å². The molecule has 0 unspecified atom stereocenters. The molecule has 26 heavy (non-hydrogen) atoms. The van der Waals surface area contributed by atoms with Gasteiger partial charge in [-0.15, -0.1) is 0 Å². The zero-order valence-corrected chi connectivity index (χ0v) is 14.7. The van der Waals surface area contributed by atoms with E-state index in [2.05, 4.69) is 15.3 Å². The lowest BCUT2D eigenvalue weighted by molar-refractivity contribution is -0.138. The standard InChI is InChI=1S/C16H11Cl2F2N3O3/c1-2-26-16(25)10(7-22-12-4-3-8(19)6-21-12)13(24)9-5-11(20)15(18)23-14(9)17/h3-7H,2H2,1H3,(H,21,22). The lowest BCUT2D eigenvalue weighted by Crippen LogP contribution is -2.18. The van der Waals surface area contributed by atoms with Crippen molar-refractivity contribution in [3.8, 4) is 0 Å². The molecule has 2 aromatic heterocycles. The van der Waals surface area contributed by atoms with Crippen molar-refractivity contribution >= 4 is 40.8 Å². The molecule has 2 heterocycles. The molecule has 2 rings (SSSR count). The van der Waals surface area contributed by atoms with E-state index in [0.29, 0.717) is 0 Å². The number of pyridine rings is 2. The van der Waals surface area contributed by atoms with Crippen molar-refractivity contribution in [2.45, 2.75) is 6.92 Å². The first-order valence-corrected chi connectivity index (χ1v) is 7.90. The van der Waals surface area contributed by atoms with Crippen molar-refractivity contribution in [1.29, 1.82) is 0 Å². The molecule has 0 fully saturated rings. The van der Waals surface area contributed by atoms with Gasteiger partial charge in [-0.25, -0.2) is 23.5 Å². The molecule has 6 nitrogen and oxygen atoms in total. The minimum absolute atomic E-state index is 0.000781. The number of rotatable bonds is 6. The molecule has 0 aliphatic carbocycles. The van der Waals surface area contributed by atoms with Crippen LogP contribution in [0.25, 0.3) is 0 Å². The molecule has 136 valence electrons. The van der Waals surface area contributed by atoms with Crippen LogP contribution >= 0.6 is 23.2 Å². The van der Waals surface area contributed by atoms with Crippen LogP contribution in [0.2, 0.25) is 10.3 Å². The molecule has 1 N–H and O–H groups in total. The number of carbonyl (C=O) groups excluding carboxylic acids is 2. The van der Waals surface area contributed by atoms with E-state index >= 15 is 0 Å². The summed E-state index contributed by atoms with van der Waals surface area (Å²) in [6.07, 6.45) is 1.95. The molecule has 0 amide bonds. The molecular weight excluding hydrogens is 391 g/mol. The highest BCUT2D eigenvalue weighted by Crippen LogP contribution is 2.23. The van der Waals surface area contributed by atoms with Gasteiger partial charge in [-0.3, -0.25) is 4.79 Å². The summed E-state index contributed by atoms with van der Waals surface area (Å²) in [6.45, 7) is 1.55. The van der Waals surface area contributed by atoms with E-state index in [0.717, 1.165) is 24.5 Å². The number of hydrogen-bond donors (Lipinski definition) is 1. The predicted molar refractivity (Wildman–Crippen MR) is 91.1 cm³/mol. The molecular formula is C16H11Cl2F2N3O3. The number of aromatic nitrogens is 2. The van der Waals surface area contributed by atoms with Gasteiger partial charge in [-0.1, -0.05) is 23.2 Å². The largest absolute Gasteiger partial charge is 0.462 e. The Morgan fingerprint density at radius 3 is 2.62 bits per heavy atom. The van der Waals surface area contributed by atoms with Crippen molar-refractivity contribution in [3.63, 3.8) is 0 Å². The van der Waals surface area contributed by atoms with Crippen molar-refractivity contribution in [3.05, 3.63) is 63.7 Å². The van der Waals surface area contributed by atoms with E-state index in [1.54, 1.807) is 6.92 Å². The summed E-state index contributed by atoms with van der Waals surface area (Å²) in [5, 5.41) is 1.67. The molecule has 0 spiro atoms. The van der Waals surface area contributed by atoms with Crippen molar-refractivity contribution in [1.82, 2.24) is 9.97 Å². The van der Waals surface area contributed by atoms with Crippen LogP contribution in [0.3, 0.4) is 0 Å². The number of nitrogens with zero attached hydrogens (tertiary/aromatic N) is 2. The fraction of sp³-hybridized carbons (Fsp3) is 0.125. The Labute approximate surface area is 156 Å². The highest BCUT2D eigenvalue weighted by Gasteiger charge is 2.25. The number of carbonyl (C=O) groups is 2. The first-order valence-electron chi connectivity index (χ1n) is 7.15. The minimum atomic E-state index is -0.976. The zero-order chi connectivity index (χ0) is 19.3. The van der Waals surface area contributed by atoms with Crippen LogP contribution < -0.4 is 5.32 Å². The second-order valence-corrected chi connectivity index (χ2v) is 5.43. The Morgan fingerprint density at radius 2 is 2.00 bits per heavy atom. The first-order chi connectivity index (χ1) is 12.3. The molecule has 0 bridgehead atoms. The van der Waals surface area contributed by atoms with Gasteiger partial charge in [0.25, 0.3) is 0 Å². The predicted octanol–water partition coefficient (Wildman–Crippen LogP) is 3.80. The molecule has 10 heteroatoms. The maximum Gasteiger partial charge on any atom is 0.343 e. The number of hydrogen-bond acceptors (Lipinski definition) is 6. The van der Waals surface area contributed by atoms with Gasteiger partial charge < -0.3 is 10.1 Å². The second kappa shape index (κ2) is 8.68. The lowest BCUT2D eigenvalue weighted by Gasteiger charge is -2.09. The summed E-state index contributed by atoms with van der Waals surface area (Å²) in [4.78, 5) is 31.9. The van der Waals surface area contributed by atoms with Crippen LogP contribution in [0.15, 0.2) is 36.2 Å². The highest BCUT2D eigenvalue weighted by molar-refractivity contribution is 6.37. The van der Waals surface area contributed by atoms with Crippen LogP contribution in [0.4, 0.5) is 14.6 Å². The van der Waals surface area contributed by atoms with E-state index in [1.165, 1.54) is 6.07 Å². The number of esters is 1. The van der Waals surface area contributed by atoms with Crippen LogP contribution in [0.5, 0.6) is 0 Å². The number of Topliss-reactive ketones (excluding diaryl/α,β-unsaturated/α-hetero) is 1. The average molecular weight is 402 g/mol. The Kier molecular flexibility index (Phi) is 6.59. The van der Waals surface area contributed by atoms with E-state index < -0.39 is 34.1 Å². The molecule has 0 radical (unpaired) electrons. The maximum absolute atomic E-state index is 13.6. The Bertz CT molecular complexity index is 874. The third kappa shape index (κ3) is 4.74. The average Bonchev–Trinajstić information content (AvgIpc) is 2.60. The third-order valence-corrected chi connectivity index (χ3v) is 3.52. The summed E-state index contributed by atoms with van der Waals surface area (Å²) in [5.41, 5.74) is -0.856. The third-order valence-electron chi connectivity index (χ3n) is 2.96. The first kappa shape index (κ1) is 19.7. The molecule has 2 aromatic rings. The minimum Gasteiger partial charge on any atom is -0.462 e. The topological polar surface area (TPSA) is 81.2 Å². The van der Waals surface area contributed by atoms with Gasteiger partial charge >= 0.3 is 5.97 Å². The number of nitrogens with one attached hydrogen (secondary N) is 1. The van der Waals surface area contributed by atoms with Crippen molar-refractivity contribution in [2.24, 2.45) is 0 Å². The summed E-state index contributed by atoms with van der Waals surface area (Å²) >= 11 is 11.3. The van der Waals surface area contributed by atoms with Crippen LogP contribution in [-0.2, 0) is 9.53 Å². The van der Waals surface area contributed by atoms with Gasteiger partial charge in [0, 0.05) is 6.20 Å². The van der Waals surface area contributed by atoms with Gasteiger partial charge in [-0.2, -0.15) is 0 Å². The fourth-order valence-electron chi connectivity index (χ4n) is 1.78. The summed E-state index contributed by atoms with van der Waals surface area (Å²) in [7, 11) is 0. The molecule has 0 saturated heterocycles. The highest BCUT2D eigenvalue weighted by atomic mass is 35.5. The Morgan fingerprint density at radius 1 is 1.27 bits per heavy atom. The maximum atomic E-state index is 13.6. The van der Waals surface area contributed by atoms with Gasteiger partial charge in [0.05, 0.1) is 18.4 Å². The van der Waals surface area contributed by atoms with Crippen LogP contribution in [-0.4, -0.2) is 28.3 Å². The number of ketones is 1. The molecule has 0 aliphatic rings. The SMILES string of the molecule is CCOC(=O)C(=CNc1ccc(F)cn1)C(=O)c1cc(F)c(Cl)nc1Cl. The monoisotopic (exact) mass is 401 g/mol. The van der Waals surface area contributed by atoms with Crippen LogP contribution in [0.1, 0.15) is 17.3 Å².